The molecule has 23 heavy (non-hydrogen) atoms. The topological polar surface area (TPSA) is 77.2 Å². The predicted octanol–water partition coefficient (Wildman–Crippen LogP) is -1.10. The fraction of sp³-hybridized carbons (Fsp3) is 0.333. The van der Waals surface area contributed by atoms with Crippen LogP contribution in [0.25, 0.3) is 6.08 Å². The van der Waals surface area contributed by atoms with Crippen molar-refractivity contribution in [2.24, 2.45) is 0 Å². The minimum Gasteiger partial charge on any atom is -0.352 e. The average molecular weight is 311 g/mol. The molecular formula is C18H19N2O3+. The summed E-state index contributed by atoms with van der Waals surface area (Å²) in [6.07, 6.45) is 9.19. The summed E-state index contributed by atoms with van der Waals surface area (Å²) in [6.45, 7) is 0.612. The van der Waals surface area contributed by atoms with Gasteiger partial charge in [0.2, 0.25) is 5.36 Å². The van der Waals surface area contributed by atoms with Gasteiger partial charge in [-0.1, -0.05) is 11.6 Å². The van der Waals surface area contributed by atoms with E-state index in [0.29, 0.717) is 22.7 Å². The van der Waals surface area contributed by atoms with Gasteiger partial charge in [-0.05, 0) is 44.2 Å². The highest BCUT2D eigenvalue weighted by molar-refractivity contribution is 6.44. The number of amides is 2. The lowest BCUT2D eigenvalue weighted by atomic mass is 9.97. The minimum atomic E-state index is -0.643. The molecule has 1 aromatic rings. The van der Waals surface area contributed by atoms with Crippen molar-refractivity contribution in [2.75, 3.05) is 6.54 Å². The first kappa shape index (κ1) is 15.3. The molecule has 0 fully saturated rings. The summed E-state index contributed by atoms with van der Waals surface area (Å²) < 4.78 is 0. The number of allylic oxidation sites excluding steroid dienone is 1. The number of ketones is 1. The third-order valence-corrected chi connectivity index (χ3v) is 4.19. The van der Waals surface area contributed by atoms with Crippen molar-refractivity contribution < 1.29 is 19.4 Å². The fourth-order valence-corrected chi connectivity index (χ4v) is 2.90. The number of carbonyl (C=O) groups is 3. The van der Waals surface area contributed by atoms with Crippen molar-refractivity contribution in [1.29, 1.82) is 0 Å². The van der Waals surface area contributed by atoms with Crippen LogP contribution in [0.15, 0.2) is 29.8 Å². The van der Waals surface area contributed by atoms with Crippen LogP contribution in [0.2, 0.25) is 0 Å². The molecule has 0 atom stereocenters. The van der Waals surface area contributed by atoms with E-state index in [1.165, 1.54) is 24.5 Å². The van der Waals surface area contributed by atoms with Crippen LogP contribution in [-0.2, 0) is 9.59 Å². The Bertz CT molecular complexity index is 821. The number of carbonyl (C=O) groups excluding carboxylic acids is 3. The molecular weight excluding hydrogens is 292 g/mol. The molecule has 2 aliphatic rings. The van der Waals surface area contributed by atoms with Gasteiger partial charge in [0.25, 0.3) is 11.7 Å². The molecule has 1 heterocycles. The van der Waals surface area contributed by atoms with Crippen LogP contribution in [0.4, 0.5) is 0 Å². The van der Waals surface area contributed by atoms with Crippen LogP contribution in [0.1, 0.15) is 42.5 Å². The largest absolute Gasteiger partial charge is 0.458 e. The molecule has 1 aromatic carbocycles. The summed E-state index contributed by atoms with van der Waals surface area (Å²) in [5, 5.41) is 4.03. The Hall–Kier alpha value is -2.56. The molecule has 3 rings (SSSR count). The third kappa shape index (κ3) is 3.62. The van der Waals surface area contributed by atoms with Crippen molar-refractivity contribution in [3.63, 3.8) is 0 Å². The SMILES string of the molecule is O=C1C=c2cc(C(=O)NCCC3=CCCCC3)ccc2=[NH+]C1=O. The van der Waals surface area contributed by atoms with Crippen molar-refractivity contribution in [1.82, 2.24) is 5.32 Å². The van der Waals surface area contributed by atoms with Crippen LogP contribution in [0, 0.1) is 0 Å². The lowest BCUT2D eigenvalue weighted by Crippen LogP contribution is -2.86. The molecule has 0 unspecified atom stereocenters. The van der Waals surface area contributed by atoms with Crippen molar-refractivity contribution in [3.8, 4) is 0 Å². The second-order valence-electron chi connectivity index (χ2n) is 5.88. The first-order chi connectivity index (χ1) is 11.1. The van der Waals surface area contributed by atoms with Crippen LogP contribution in [0.5, 0.6) is 0 Å². The molecule has 5 heteroatoms. The van der Waals surface area contributed by atoms with Crippen LogP contribution < -0.4 is 20.9 Å². The fourth-order valence-electron chi connectivity index (χ4n) is 2.90. The van der Waals surface area contributed by atoms with E-state index in [2.05, 4.69) is 16.4 Å². The van der Waals surface area contributed by atoms with Gasteiger partial charge in [0.15, 0.2) is 0 Å². The molecule has 1 aliphatic carbocycles. The number of nitrogens with one attached hydrogen (secondary N) is 2. The predicted molar refractivity (Wildman–Crippen MR) is 83.7 cm³/mol. The Kier molecular flexibility index (Phi) is 4.46. The second kappa shape index (κ2) is 6.69. The number of rotatable bonds is 4. The molecule has 1 aliphatic heterocycles. The summed E-state index contributed by atoms with van der Waals surface area (Å²) >= 11 is 0. The molecule has 0 spiro atoms. The standard InChI is InChI=1S/C18H18N2O3/c21-16-11-14-10-13(6-7-15(14)20-18(16)23)17(22)19-9-8-12-4-2-1-3-5-12/h4,6-7,10-11H,1-3,5,8-9H2,(H,19,22)/p+1. The zero-order chi connectivity index (χ0) is 16.2. The molecule has 0 radical (unpaired) electrons. The van der Waals surface area contributed by atoms with Crippen LogP contribution in [0.3, 0.4) is 0 Å². The Labute approximate surface area is 133 Å². The van der Waals surface area contributed by atoms with Crippen molar-refractivity contribution >= 4 is 23.7 Å². The summed E-state index contributed by atoms with van der Waals surface area (Å²) in [6, 6.07) is 4.93. The van der Waals surface area contributed by atoms with Gasteiger partial charge >= 0.3 is 5.91 Å². The average Bonchev–Trinajstić information content (AvgIpc) is 2.56. The van der Waals surface area contributed by atoms with E-state index in [1.807, 2.05) is 0 Å². The lowest BCUT2D eigenvalue weighted by Gasteiger charge is -2.12. The van der Waals surface area contributed by atoms with Crippen LogP contribution in [-0.4, -0.2) is 24.1 Å². The summed E-state index contributed by atoms with van der Waals surface area (Å²) in [4.78, 5) is 37.4. The summed E-state index contributed by atoms with van der Waals surface area (Å²) in [5.74, 6) is -1.41. The van der Waals surface area contributed by atoms with E-state index < -0.39 is 11.7 Å². The van der Waals surface area contributed by atoms with Gasteiger partial charge in [-0.15, -0.1) is 0 Å². The Balaban J connectivity index is 1.67. The maximum absolute atomic E-state index is 12.2. The first-order valence-corrected chi connectivity index (χ1v) is 7.94. The molecule has 0 saturated heterocycles. The number of hydrogen-bond acceptors (Lipinski definition) is 3. The van der Waals surface area contributed by atoms with Gasteiger partial charge in [-0.25, -0.2) is 4.79 Å². The monoisotopic (exact) mass is 311 g/mol. The highest BCUT2D eigenvalue weighted by Gasteiger charge is 2.20. The number of hydrogen-bond donors (Lipinski definition) is 2. The Morgan fingerprint density at radius 3 is 2.87 bits per heavy atom. The molecule has 5 nitrogen and oxygen atoms in total. The van der Waals surface area contributed by atoms with E-state index >= 15 is 0 Å². The maximum Gasteiger partial charge on any atom is 0.458 e. The summed E-state index contributed by atoms with van der Waals surface area (Å²) in [5.41, 5.74) is 1.91. The van der Waals surface area contributed by atoms with Gasteiger partial charge in [-0.3, -0.25) is 9.59 Å². The van der Waals surface area contributed by atoms with E-state index in [-0.39, 0.29) is 5.91 Å². The number of Topliss-reactive ketones (excluding diaryl/α,β-unsaturated/α-hetero) is 1. The van der Waals surface area contributed by atoms with E-state index in [0.717, 1.165) is 19.3 Å². The van der Waals surface area contributed by atoms with E-state index in [9.17, 15) is 14.4 Å². The Morgan fingerprint density at radius 1 is 1.22 bits per heavy atom. The minimum absolute atomic E-state index is 0.165. The smallest absolute Gasteiger partial charge is 0.352 e. The molecule has 118 valence electrons. The van der Waals surface area contributed by atoms with Gasteiger partial charge in [0, 0.05) is 24.3 Å². The van der Waals surface area contributed by atoms with Gasteiger partial charge < -0.3 is 5.32 Å². The zero-order valence-electron chi connectivity index (χ0n) is 12.9. The second-order valence-corrected chi connectivity index (χ2v) is 5.88. The quantitative estimate of drug-likeness (QED) is 0.547. The van der Waals surface area contributed by atoms with E-state index in [4.69, 9.17) is 0 Å². The summed E-state index contributed by atoms with van der Waals surface area (Å²) in [7, 11) is 0. The zero-order valence-corrected chi connectivity index (χ0v) is 12.9. The van der Waals surface area contributed by atoms with Crippen molar-refractivity contribution in [2.45, 2.75) is 32.1 Å². The molecule has 0 aromatic heterocycles. The highest BCUT2D eigenvalue weighted by atomic mass is 16.2. The molecule has 0 bridgehead atoms. The van der Waals surface area contributed by atoms with E-state index in [1.54, 1.807) is 18.2 Å². The third-order valence-electron chi connectivity index (χ3n) is 4.19. The van der Waals surface area contributed by atoms with Crippen LogP contribution >= 0.6 is 0 Å². The highest BCUT2D eigenvalue weighted by Crippen LogP contribution is 2.19. The first-order valence-electron chi connectivity index (χ1n) is 7.94. The Morgan fingerprint density at radius 2 is 2.09 bits per heavy atom. The number of benzene rings is 1. The lowest BCUT2D eigenvalue weighted by molar-refractivity contribution is -0.412. The van der Waals surface area contributed by atoms with Crippen molar-refractivity contribution in [3.05, 3.63) is 46.0 Å². The number of fused-ring (bicyclic) bond motifs is 1. The van der Waals surface area contributed by atoms with Gasteiger partial charge in [-0.2, -0.15) is 4.99 Å². The molecule has 0 saturated carbocycles. The molecule has 2 N–H and O–H groups in total. The van der Waals surface area contributed by atoms with Gasteiger partial charge in [0.05, 0.1) is 5.22 Å². The molecule has 2 amide bonds. The maximum atomic E-state index is 12.2. The van der Waals surface area contributed by atoms with Gasteiger partial charge in [0.1, 0.15) is 0 Å². The normalized spacial score (nSPS) is 16.8.